The molecule has 0 heterocycles. The van der Waals surface area contributed by atoms with Gasteiger partial charge >= 0.3 is 0 Å². The van der Waals surface area contributed by atoms with Crippen molar-refractivity contribution in [1.29, 1.82) is 0 Å². The summed E-state index contributed by atoms with van der Waals surface area (Å²) in [7, 11) is 0. The Kier molecular flexibility index (Phi) is 1.61. The first-order valence-electron chi connectivity index (χ1n) is 4.24. The van der Waals surface area contributed by atoms with E-state index in [1.54, 1.807) is 0 Å². The Morgan fingerprint density at radius 2 is 1.50 bits per heavy atom. The van der Waals surface area contributed by atoms with Crippen LogP contribution in [0.2, 0.25) is 0 Å². The molecule has 0 spiro atoms. The Morgan fingerprint density at radius 3 is 2.08 bits per heavy atom. The molecular formula is C12H12. The van der Waals surface area contributed by atoms with Crippen molar-refractivity contribution < 1.29 is 0 Å². The lowest BCUT2D eigenvalue weighted by Crippen LogP contribution is -2.12. The molecule has 0 fully saturated rings. The van der Waals surface area contributed by atoms with Gasteiger partial charge in [-0.15, -0.1) is 0 Å². The Balaban J connectivity index is 2.43. The molecule has 0 saturated carbocycles. The van der Waals surface area contributed by atoms with Crippen molar-refractivity contribution >= 4 is 0 Å². The van der Waals surface area contributed by atoms with E-state index in [1.807, 2.05) is 0 Å². The molecule has 0 bridgehead atoms. The fourth-order valence-corrected chi connectivity index (χ4v) is 1.56. The number of allylic oxidation sites excluding steroid dienone is 4. The molecule has 0 amide bonds. The van der Waals surface area contributed by atoms with Crippen LogP contribution < -0.4 is 0 Å². The van der Waals surface area contributed by atoms with E-state index in [4.69, 9.17) is 0 Å². The molecule has 12 heavy (non-hydrogen) atoms. The first kappa shape index (κ1) is 7.35. The van der Waals surface area contributed by atoms with Crippen LogP contribution in [0.5, 0.6) is 0 Å². The van der Waals surface area contributed by atoms with Crippen LogP contribution in [0, 0.1) is 0 Å². The number of hydrogen-bond acceptors (Lipinski definition) is 0. The molecule has 1 aliphatic rings. The van der Waals surface area contributed by atoms with Crippen molar-refractivity contribution in [3.63, 3.8) is 0 Å². The highest BCUT2D eigenvalue weighted by molar-refractivity contribution is 5.40. The summed E-state index contributed by atoms with van der Waals surface area (Å²) in [6.45, 7) is 2.22. The minimum absolute atomic E-state index is 0.126. The normalized spacial score (nSPS) is 18.4. The zero-order chi connectivity index (χ0) is 8.44. The molecule has 1 aliphatic carbocycles. The summed E-state index contributed by atoms with van der Waals surface area (Å²) in [4.78, 5) is 0. The molecule has 0 saturated heterocycles. The number of rotatable bonds is 1. The van der Waals surface area contributed by atoms with Gasteiger partial charge in [0.15, 0.2) is 0 Å². The third kappa shape index (κ3) is 1.10. The summed E-state index contributed by atoms with van der Waals surface area (Å²) in [5, 5.41) is 0. The molecule has 0 aliphatic heterocycles. The predicted molar refractivity (Wildman–Crippen MR) is 52.1 cm³/mol. The Morgan fingerprint density at radius 1 is 0.917 bits per heavy atom. The Hall–Kier alpha value is -1.30. The average Bonchev–Trinajstić information content (AvgIpc) is 2.55. The number of benzene rings is 1. The van der Waals surface area contributed by atoms with Gasteiger partial charge in [0.05, 0.1) is 0 Å². The average molecular weight is 156 g/mol. The van der Waals surface area contributed by atoms with Gasteiger partial charge in [-0.3, -0.25) is 0 Å². The van der Waals surface area contributed by atoms with Gasteiger partial charge in [0, 0.05) is 5.41 Å². The predicted octanol–water partition coefficient (Wildman–Crippen LogP) is 3.07. The van der Waals surface area contributed by atoms with Crippen molar-refractivity contribution in [3.05, 3.63) is 60.2 Å². The second kappa shape index (κ2) is 2.63. The van der Waals surface area contributed by atoms with E-state index in [1.165, 1.54) is 5.56 Å². The fraction of sp³-hybridized carbons (Fsp3) is 0.167. The molecule has 0 heteroatoms. The van der Waals surface area contributed by atoms with Crippen molar-refractivity contribution in [1.82, 2.24) is 0 Å². The van der Waals surface area contributed by atoms with Gasteiger partial charge in [-0.25, -0.2) is 0 Å². The maximum atomic E-state index is 2.22. The first-order chi connectivity index (χ1) is 5.81. The van der Waals surface area contributed by atoms with E-state index in [9.17, 15) is 0 Å². The topological polar surface area (TPSA) is 0 Å². The van der Waals surface area contributed by atoms with Crippen LogP contribution in [0.3, 0.4) is 0 Å². The second-order valence-corrected chi connectivity index (χ2v) is 3.37. The molecule has 2 rings (SSSR count). The van der Waals surface area contributed by atoms with Crippen molar-refractivity contribution in [2.45, 2.75) is 12.3 Å². The van der Waals surface area contributed by atoms with Gasteiger partial charge in [0.25, 0.3) is 0 Å². The monoisotopic (exact) mass is 156 g/mol. The van der Waals surface area contributed by atoms with Crippen LogP contribution in [0.15, 0.2) is 54.6 Å². The van der Waals surface area contributed by atoms with Gasteiger partial charge in [-0.2, -0.15) is 0 Å². The minimum atomic E-state index is 0.126. The minimum Gasteiger partial charge on any atom is -0.0705 e. The largest absolute Gasteiger partial charge is 0.0705 e. The lowest BCUT2D eigenvalue weighted by atomic mass is 9.84. The van der Waals surface area contributed by atoms with Crippen LogP contribution in [0.1, 0.15) is 12.5 Å². The van der Waals surface area contributed by atoms with E-state index in [0.717, 1.165) is 0 Å². The third-order valence-corrected chi connectivity index (χ3v) is 2.39. The van der Waals surface area contributed by atoms with Crippen LogP contribution in [0.25, 0.3) is 0 Å². The lowest BCUT2D eigenvalue weighted by Gasteiger charge is -2.19. The maximum absolute atomic E-state index is 2.22. The highest BCUT2D eigenvalue weighted by Gasteiger charge is 2.20. The molecule has 0 aromatic heterocycles. The van der Waals surface area contributed by atoms with Gasteiger partial charge < -0.3 is 0 Å². The van der Waals surface area contributed by atoms with E-state index in [0.29, 0.717) is 0 Å². The van der Waals surface area contributed by atoms with Crippen molar-refractivity contribution in [2.75, 3.05) is 0 Å². The van der Waals surface area contributed by atoms with Crippen LogP contribution >= 0.6 is 0 Å². The molecular weight excluding hydrogens is 144 g/mol. The highest BCUT2D eigenvalue weighted by atomic mass is 14.2. The smallest absolute Gasteiger partial charge is 0.0289 e. The Labute approximate surface area is 73.2 Å². The molecule has 60 valence electrons. The quantitative estimate of drug-likeness (QED) is 0.586. The second-order valence-electron chi connectivity index (χ2n) is 3.37. The summed E-state index contributed by atoms with van der Waals surface area (Å²) in [6, 6.07) is 10.6. The summed E-state index contributed by atoms with van der Waals surface area (Å²) in [5.74, 6) is 0. The van der Waals surface area contributed by atoms with Crippen molar-refractivity contribution in [3.8, 4) is 0 Å². The first-order valence-corrected chi connectivity index (χ1v) is 4.24. The molecule has 0 N–H and O–H groups in total. The van der Waals surface area contributed by atoms with E-state index in [-0.39, 0.29) is 5.41 Å². The van der Waals surface area contributed by atoms with E-state index >= 15 is 0 Å². The number of hydrogen-bond donors (Lipinski definition) is 0. The standard InChI is InChI=1S/C12H12/c1-12(9-5-6-10-12)11-7-3-2-4-8-11/h2-10H,1H3. The molecule has 0 atom stereocenters. The van der Waals surface area contributed by atoms with Crippen LogP contribution in [-0.4, -0.2) is 0 Å². The molecule has 0 unspecified atom stereocenters. The van der Waals surface area contributed by atoms with Gasteiger partial charge in [0.1, 0.15) is 0 Å². The molecule has 0 nitrogen and oxygen atoms in total. The highest BCUT2D eigenvalue weighted by Crippen LogP contribution is 2.29. The van der Waals surface area contributed by atoms with Gasteiger partial charge in [0.2, 0.25) is 0 Å². The zero-order valence-corrected chi connectivity index (χ0v) is 7.20. The summed E-state index contributed by atoms with van der Waals surface area (Å²) in [5.41, 5.74) is 1.48. The van der Waals surface area contributed by atoms with E-state index < -0.39 is 0 Å². The summed E-state index contributed by atoms with van der Waals surface area (Å²) >= 11 is 0. The van der Waals surface area contributed by atoms with Crippen LogP contribution in [-0.2, 0) is 5.41 Å². The fourth-order valence-electron chi connectivity index (χ4n) is 1.56. The zero-order valence-electron chi connectivity index (χ0n) is 7.20. The van der Waals surface area contributed by atoms with Crippen LogP contribution in [0.4, 0.5) is 0 Å². The molecule has 1 aromatic rings. The van der Waals surface area contributed by atoms with E-state index in [2.05, 4.69) is 61.6 Å². The summed E-state index contributed by atoms with van der Waals surface area (Å²) in [6.07, 6.45) is 8.66. The van der Waals surface area contributed by atoms with Gasteiger partial charge in [-0.05, 0) is 12.5 Å². The maximum Gasteiger partial charge on any atom is 0.0289 e. The SMILES string of the molecule is CC1(c2ccccc2)C=CC=C1. The Bertz CT molecular complexity index is 305. The molecule has 0 radical (unpaired) electrons. The van der Waals surface area contributed by atoms with Gasteiger partial charge in [-0.1, -0.05) is 54.6 Å². The molecule has 1 aromatic carbocycles. The van der Waals surface area contributed by atoms with Crippen molar-refractivity contribution in [2.24, 2.45) is 0 Å². The third-order valence-electron chi connectivity index (χ3n) is 2.39. The lowest BCUT2D eigenvalue weighted by molar-refractivity contribution is 0.770. The summed E-state index contributed by atoms with van der Waals surface area (Å²) < 4.78 is 0.